The van der Waals surface area contributed by atoms with Crippen molar-refractivity contribution in [1.82, 2.24) is 4.57 Å². The van der Waals surface area contributed by atoms with Crippen LogP contribution in [0.5, 0.6) is 0 Å². The highest BCUT2D eigenvalue weighted by Gasteiger charge is 2.56. The first-order chi connectivity index (χ1) is 13.7. The number of anilines is 3. The molecule has 1 heterocycles. The van der Waals surface area contributed by atoms with Gasteiger partial charge in [0.25, 0.3) is 5.56 Å². The summed E-state index contributed by atoms with van der Waals surface area (Å²) in [5.41, 5.74) is 0.687. The van der Waals surface area contributed by atoms with Gasteiger partial charge < -0.3 is 15.0 Å². The average Bonchev–Trinajstić information content (AvgIpc) is 3.45. The Kier molecular flexibility index (Phi) is 6.76. The van der Waals surface area contributed by atoms with E-state index in [0.717, 1.165) is 3.57 Å². The Labute approximate surface area is 184 Å². The van der Waals surface area contributed by atoms with E-state index >= 15 is 0 Å². The molecule has 6 nitrogen and oxygen atoms in total. The minimum absolute atomic E-state index is 0.0857. The van der Waals surface area contributed by atoms with Crippen LogP contribution in [0.15, 0.2) is 29.1 Å². The summed E-state index contributed by atoms with van der Waals surface area (Å²) in [7, 11) is 1.54. The summed E-state index contributed by atoms with van der Waals surface area (Å²) in [6.07, 6.45) is 0.123. The summed E-state index contributed by atoms with van der Waals surface area (Å²) < 4.78 is 44.2. The summed E-state index contributed by atoms with van der Waals surface area (Å²) in [5, 5.41) is 12.6. The second-order valence-corrected chi connectivity index (χ2v) is 10.1. The molecular weight excluding hydrogens is 515 g/mol. The van der Waals surface area contributed by atoms with E-state index in [1.165, 1.54) is 17.7 Å². The van der Waals surface area contributed by atoms with E-state index in [9.17, 15) is 23.2 Å². The maximum atomic E-state index is 14.3. The average molecular weight is 537 g/mol. The van der Waals surface area contributed by atoms with Crippen LogP contribution in [0, 0.1) is 16.3 Å². The number of aromatic nitrogens is 1. The fourth-order valence-corrected chi connectivity index (χ4v) is 4.98. The second-order valence-electron chi connectivity index (χ2n) is 7.27. The van der Waals surface area contributed by atoms with Crippen molar-refractivity contribution in [2.24, 2.45) is 7.05 Å². The van der Waals surface area contributed by atoms with Crippen LogP contribution < -0.4 is 15.6 Å². The van der Waals surface area contributed by atoms with Crippen LogP contribution in [0.1, 0.15) is 24.8 Å². The summed E-state index contributed by atoms with van der Waals surface area (Å²) in [6.45, 7) is 0.738. The molecule has 3 N–H and O–H groups in total. The lowest BCUT2D eigenvalue weighted by molar-refractivity contribution is 0.127. The van der Waals surface area contributed by atoms with Crippen molar-refractivity contribution in [1.29, 1.82) is 0 Å². The van der Waals surface area contributed by atoms with Gasteiger partial charge in [0.1, 0.15) is 24.0 Å². The molecular formula is C19H22F2IN3O3S. The Morgan fingerprint density at radius 2 is 2.07 bits per heavy atom. The fourth-order valence-electron chi connectivity index (χ4n) is 3.14. The van der Waals surface area contributed by atoms with Crippen LogP contribution in [-0.4, -0.2) is 31.8 Å². The number of aliphatic hydroxyl groups excluding tert-OH is 1. The van der Waals surface area contributed by atoms with Crippen LogP contribution in [0.25, 0.3) is 0 Å². The van der Waals surface area contributed by atoms with Crippen LogP contribution >= 0.6 is 22.6 Å². The molecule has 2 atom stereocenters. The molecule has 1 fully saturated rings. The van der Waals surface area contributed by atoms with Gasteiger partial charge in [0.05, 0.1) is 23.2 Å². The molecule has 1 aromatic heterocycles. The molecule has 10 heteroatoms. The number of alkyl halides is 1. The lowest BCUT2D eigenvalue weighted by Crippen LogP contribution is -2.35. The third-order valence-corrected chi connectivity index (χ3v) is 7.40. The topological polar surface area (TPSA) is 89.3 Å². The first-order valence-corrected chi connectivity index (χ1v) is 11.2. The predicted octanol–water partition coefficient (Wildman–Crippen LogP) is 3.51. The van der Waals surface area contributed by atoms with E-state index < -0.39 is 34.7 Å². The number of halogens is 3. The van der Waals surface area contributed by atoms with Crippen LogP contribution in [0.4, 0.5) is 26.0 Å². The van der Waals surface area contributed by atoms with Crippen molar-refractivity contribution in [3.63, 3.8) is 0 Å². The Hall–Kier alpha value is -1.37. The van der Waals surface area contributed by atoms with Gasteiger partial charge in [-0.1, -0.05) is 0 Å². The van der Waals surface area contributed by atoms with Gasteiger partial charge in [-0.15, -0.1) is 0 Å². The highest BCUT2D eigenvalue weighted by molar-refractivity contribution is 14.1. The van der Waals surface area contributed by atoms with Gasteiger partial charge in [0, 0.05) is 35.4 Å². The standard InChI is InChI=1S/C19H22F2IN3O3S/c1-11-7-16(24-29(28)19(5-6-19)9-13(26)10-20)17(25(2)18(11)27)23-15-4-3-12(22)8-14(15)21/h3-4,7-8,13,23-24,26H,5-6,9-10H2,1-2H3/t13-,29?/m0/s1. The van der Waals surface area contributed by atoms with Crippen molar-refractivity contribution >= 4 is 51.1 Å². The molecule has 0 bridgehead atoms. The molecule has 0 amide bonds. The zero-order chi connectivity index (χ0) is 21.3. The minimum atomic E-state index is -1.62. The van der Waals surface area contributed by atoms with Crippen molar-refractivity contribution in [2.45, 2.75) is 37.0 Å². The van der Waals surface area contributed by atoms with Gasteiger partial charge in [0.2, 0.25) is 0 Å². The Balaban J connectivity index is 1.93. The number of rotatable bonds is 8. The summed E-state index contributed by atoms with van der Waals surface area (Å²) in [6, 6.07) is 6.19. The molecule has 0 radical (unpaired) electrons. The van der Waals surface area contributed by atoms with Crippen molar-refractivity contribution in [3.05, 3.63) is 49.6 Å². The second kappa shape index (κ2) is 8.78. The maximum absolute atomic E-state index is 14.3. The van der Waals surface area contributed by atoms with Gasteiger partial charge in [-0.05, 0) is 53.8 Å². The summed E-state index contributed by atoms with van der Waals surface area (Å²) >= 11 is 0.378. The molecule has 1 aliphatic rings. The third kappa shape index (κ3) is 4.86. The lowest BCUT2D eigenvalue weighted by Gasteiger charge is -2.25. The molecule has 0 saturated heterocycles. The van der Waals surface area contributed by atoms with Gasteiger partial charge in [-0.3, -0.25) is 9.36 Å². The van der Waals surface area contributed by atoms with E-state index in [-0.39, 0.29) is 23.5 Å². The Morgan fingerprint density at radius 1 is 1.38 bits per heavy atom. The van der Waals surface area contributed by atoms with Gasteiger partial charge in [0.15, 0.2) is 4.75 Å². The number of nitrogens with one attached hydrogen (secondary N) is 2. The van der Waals surface area contributed by atoms with Gasteiger partial charge >= 0.3 is 0 Å². The van der Waals surface area contributed by atoms with Crippen LogP contribution in [0.3, 0.4) is 0 Å². The quantitative estimate of drug-likeness (QED) is 0.355. The van der Waals surface area contributed by atoms with Crippen LogP contribution in [0.2, 0.25) is 0 Å². The molecule has 1 unspecified atom stereocenters. The number of nitrogens with zero attached hydrogens (tertiary/aromatic N) is 1. The Bertz CT molecular complexity index is 968. The van der Waals surface area contributed by atoms with E-state index in [1.807, 2.05) is 22.6 Å². The van der Waals surface area contributed by atoms with Gasteiger partial charge in [-0.2, -0.15) is 0 Å². The predicted molar refractivity (Wildman–Crippen MR) is 119 cm³/mol. The fraction of sp³-hybridized carbons (Fsp3) is 0.421. The smallest absolute Gasteiger partial charge is 0.254 e. The van der Waals surface area contributed by atoms with Crippen molar-refractivity contribution < 1.29 is 18.4 Å². The monoisotopic (exact) mass is 537 g/mol. The first kappa shape index (κ1) is 22.3. The number of pyridine rings is 1. The zero-order valence-electron chi connectivity index (χ0n) is 16.0. The molecule has 3 rings (SSSR count). The number of hydrogen-bond donors (Lipinski definition) is 3. The SMILES string of the molecule is Cc1cc(N[S+]([O-])C2(C[C@H](O)CF)CC2)c(Nc2ccc(I)cc2F)n(C)c1=O. The normalized spacial score (nSPS) is 16.9. The molecule has 29 heavy (non-hydrogen) atoms. The maximum Gasteiger partial charge on any atom is 0.254 e. The number of aryl methyl sites for hydroxylation is 1. The van der Waals surface area contributed by atoms with E-state index in [1.54, 1.807) is 25.1 Å². The highest BCUT2D eigenvalue weighted by atomic mass is 127. The van der Waals surface area contributed by atoms with E-state index in [4.69, 9.17) is 0 Å². The van der Waals surface area contributed by atoms with Crippen molar-refractivity contribution in [3.8, 4) is 0 Å². The molecule has 0 aliphatic heterocycles. The van der Waals surface area contributed by atoms with E-state index in [0.29, 0.717) is 24.1 Å². The third-order valence-electron chi connectivity index (χ3n) is 4.97. The molecule has 1 aromatic carbocycles. The van der Waals surface area contributed by atoms with Crippen molar-refractivity contribution in [2.75, 3.05) is 16.7 Å². The van der Waals surface area contributed by atoms with E-state index in [2.05, 4.69) is 10.0 Å². The lowest BCUT2D eigenvalue weighted by atomic mass is 10.2. The van der Waals surface area contributed by atoms with Gasteiger partial charge in [-0.25, -0.2) is 13.5 Å². The molecule has 158 valence electrons. The molecule has 1 aliphatic carbocycles. The molecule has 0 spiro atoms. The Morgan fingerprint density at radius 3 is 2.66 bits per heavy atom. The minimum Gasteiger partial charge on any atom is -0.593 e. The molecule has 2 aromatic rings. The molecule has 1 saturated carbocycles. The number of aliphatic hydroxyl groups is 1. The number of benzene rings is 1. The summed E-state index contributed by atoms with van der Waals surface area (Å²) in [5.74, 6) is -0.224. The largest absolute Gasteiger partial charge is 0.593 e. The first-order valence-electron chi connectivity index (χ1n) is 9.02. The zero-order valence-corrected chi connectivity index (χ0v) is 18.9. The summed E-state index contributed by atoms with van der Waals surface area (Å²) in [4.78, 5) is 12.4. The van der Waals surface area contributed by atoms with Crippen LogP contribution in [-0.2, 0) is 18.4 Å². The highest BCUT2D eigenvalue weighted by Crippen LogP contribution is 2.48. The number of hydrogen-bond acceptors (Lipinski definition) is 5.